The van der Waals surface area contributed by atoms with E-state index >= 15 is 0 Å². The summed E-state index contributed by atoms with van der Waals surface area (Å²) in [5.41, 5.74) is 9.35. The summed E-state index contributed by atoms with van der Waals surface area (Å²) in [5.74, 6) is 0.988. The standard InChI is InChI=1S/C17H17BrClNO/c1-17(20,14-4-2-3-5-15(14)19)10-12-9-13(18)8-11-6-7-21-16(11)12/h2-5,8-9H,6-7,10,20H2,1H3. The first-order chi connectivity index (χ1) is 9.97. The van der Waals surface area contributed by atoms with E-state index in [1.165, 1.54) is 5.56 Å². The zero-order valence-electron chi connectivity index (χ0n) is 11.8. The van der Waals surface area contributed by atoms with Crippen LogP contribution >= 0.6 is 27.5 Å². The minimum Gasteiger partial charge on any atom is -0.493 e. The fraction of sp³-hybridized carbons (Fsp3) is 0.294. The van der Waals surface area contributed by atoms with Gasteiger partial charge in [-0.2, -0.15) is 0 Å². The lowest BCUT2D eigenvalue weighted by atomic mass is 9.86. The smallest absolute Gasteiger partial charge is 0.125 e. The van der Waals surface area contributed by atoms with Crippen molar-refractivity contribution in [2.45, 2.75) is 25.3 Å². The maximum Gasteiger partial charge on any atom is 0.125 e. The molecule has 3 rings (SSSR count). The van der Waals surface area contributed by atoms with Gasteiger partial charge in [-0.1, -0.05) is 45.7 Å². The Hall–Kier alpha value is -1.03. The van der Waals surface area contributed by atoms with Crippen LogP contribution in [0, 0.1) is 0 Å². The molecule has 0 spiro atoms. The van der Waals surface area contributed by atoms with Gasteiger partial charge in [0.25, 0.3) is 0 Å². The van der Waals surface area contributed by atoms with Crippen LogP contribution < -0.4 is 10.5 Å². The molecule has 1 aliphatic heterocycles. The monoisotopic (exact) mass is 365 g/mol. The van der Waals surface area contributed by atoms with E-state index in [2.05, 4.69) is 28.1 Å². The highest BCUT2D eigenvalue weighted by Gasteiger charge is 2.27. The second kappa shape index (κ2) is 5.64. The SMILES string of the molecule is CC(N)(Cc1cc(Br)cc2c1OCC2)c1ccccc1Cl. The zero-order valence-corrected chi connectivity index (χ0v) is 14.2. The Balaban J connectivity index is 1.99. The minimum atomic E-state index is -0.543. The normalized spacial score (nSPS) is 16.2. The molecule has 0 aliphatic carbocycles. The summed E-state index contributed by atoms with van der Waals surface area (Å²) in [6, 6.07) is 12.0. The average molecular weight is 367 g/mol. The fourth-order valence-corrected chi connectivity index (χ4v) is 3.80. The van der Waals surface area contributed by atoms with Gasteiger partial charge in [-0.25, -0.2) is 0 Å². The summed E-state index contributed by atoms with van der Waals surface area (Å²) in [6.45, 7) is 2.75. The van der Waals surface area contributed by atoms with E-state index in [1.807, 2.05) is 31.2 Å². The molecule has 0 amide bonds. The van der Waals surface area contributed by atoms with Crippen molar-refractivity contribution in [3.63, 3.8) is 0 Å². The Morgan fingerprint density at radius 3 is 2.86 bits per heavy atom. The first kappa shape index (κ1) is 14.9. The Labute approximate surface area is 138 Å². The van der Waals surface area contributed by atoms with E-state index in [0.717, 1.165) is 34.4 Å². The third-order valence-corrected chi connectivity index (χ3v) is 4.66. The summed E-state index contributed by atoms with van der Waals surface area (Å²) >= 11 is 9.87. The second-order valence-corrected chi connectivity index (χ2v) is 7.05. The van der Waals surface area contributed by atoms with E-state index in [1.54, 1.807) is 0 Å². The van der Waals surface area contributed by atoms with Crippen molar-refractivity contribution in [3.8, 4) is 5.75 Å². The molecule has 2 aromatic carbocycles. The quantitative estimate of drug-likeness (QED) is 0.871. The van der Waals surface area contributed by atoms with Gasteiger partial charge in [-0.3, -0.25) is 0 Å². The van der Waals surface area contributed by atoms with Crippen LogP contribution in [0.2, 0.25) is 5.02 Å². The first-order valence-corrected chi connectivity index (χ1v) is 8.12. The van der Waals surface area contributed by atoms with Crippen molar-refractivity contribution in [1.29, 1.82) is 0 Å². The summed E-state index contributed by atoms with van der Waals surface area (Å²) in [4.78, 5) is 0. The van der Waals surface area contributed by atoms with Gasteiger partial charge in [0.15, 0.2) is 0 Å². The number of hydrogen-bond donors (Lipinski definition) is 1. The number of hydrogen-bond acceptors (Lipinski definition) is 2. The molecule has 0 bridgehead atoms. The Bertz CT molecular complexity index is 684. The molecule has 2 aromatic rings. The molecule has 1 aliphatic rings. The van der Waals surface area contributed by atoms with Crippen LogP contribution in [0.15, 0.2) is 40.9 Å². The lowest BCUT2D eigenvalue weighted by molar-refractivity contribution is 0.349. The third kappa shape index (κ3) is 2.96. The molecule has 110 valence electrons. The van der Waals surface area contributed by atoms with E-state index < -0.39 is 5.54 Å². The van der Waals surface area contributed by atoms with Gasteiger partial charge in [0.05, 0.1) is 6.61 Å². The maximum atomic E-state index is 6.56. The Morgan fingerprint density at radius 1 is 1.33 bits per heavy atom. The first-order valence-electron chi connectivity index (χ1n) is 6.95. The largest absolute Gasteiger partial charge is 0.493 e. The molecule has 1 unspecified atom stereocenters. The molecular weight excluding hydrogens is 350 g/mol. The van der Waals surface area contributed by atoms with Crippen LogP contribution in [-0.2, 0) is 18.4 Å². The van der Waals surface area contributed by atoms with Crippen molar-refractivity contribution in [2.75, 3.05) is 6.61 Å². The minimum absolute atomic E-state index is 0.543. The predicted octanol–water partition coefficient (Wildman–Crippen LogP) is 4.45. The van der Waals surface area contributed by atoms with Gasteiger partial charge in [0.2, 0.25) is 0 Å². The van der Waals surface area contributed by atoms with Crippen LogP contribution in [-0.4, -0.2) is 6.61 Å². The number of benzene rings is 2. The Kier molecular flexibility index (Phi) is 4.00. The maximum absolute atomic E-state index is 6.56. The average Bonchev–Trinajstić information content (AvgIpc) is 2.86. The number of halogens is 2. The predicted molar refractivity (Wildman–Crippen MR) is 90.0 cm³/mol. The highest BCUT2D eigenvalue weighted by molar-refractivity contribution is 9.10. The summed E-state index contributed by atoms with van der Waals surface area (Å²) in [6.07, 6.45) is 1.63. The number of ether oxygens (including phenoxy) is 1. The Morgan fingerprint density at radius 2 is 2.10 bits per heavy atom. The van der Waals surface area contributed by atoms with Crippen LogP contribution in [0.4, 0.5) is 0 Å². The number of rotatable bonds is 3. The van der Waals surface area contributed by atoms with Gasteiger partial charge < -0.3 is 10.5 Å². The molecule has 1 atom stereocenters. The highest BCUT2D eigenvalue weighted by Crippen LogP contribution is 2.37. The molecule has 0 radical (unpaired) electrons. The van der Waals surface area contributed by atoms with Crippen molar-refractivity contribution in [1.82, 2.24) is 0 Å². The molecule has 2 nitrogen and oxygen atoms in total. The number of fused-ring (bicyclic) bond motifs is 1. The van der Waals surface area contributed by atoms with Gasteiger partial charge in [0.1, 0.15) is 5.75 Å². The molecule has 0 saturated heterocycles. The highest BCUT2D eigenvalue weighted by atomic mass is 79.9. The van der Waals surface area contributed by atoms with Crippen molar-refractivity contribution < 1.29 is 4.74 Å². The van der Waals surface area contributed by atoms with Crippen molar-refractivity contribution >= 4 is 27.5 Å². The molecule has 0 fully saturated rings. The molecule has 4 heteroatoms. The molecule has 21 heavy (non-hydrogen) atoms. The topological polar surface area (TPSA) is 35.2 Å². The van der Waals surface area contributed by atoms with Crippen LogP contribution in [0.3, 0.4) is 0 Å². The fourth-order valence-electron chi connectivity index (χ4n) is 2.89. The van der Waals surface area contributed by atoms with Gasteiger partial charge >= 0.3 is 0 Å². The van der Waals surface area contributed by atoms with Crippen molar-refractivity contribution in [2.24, 2.45) is 5.73 Å². The molecular formula is C17H17BrClNO. The lowest BCUT2D eigenvalue weighted by Gasteiger charge is -2.27. The lowest BCUT2D eigenvalue weighted by Crippen LogP contribution is -2.35. The summed E-state index contributed by atoms with van der Waals surface area (Å²) in [7, 11) is 0. The van der Waals surface area contributed by atoms with Crippen molar-refractivity contribution in [3.05, 3.63) is 62.6 Å². The van der Waals surface area contributed by atoms with Crippen LogP contribution in [0.25, 0.3) is 0 Å². The van der Waals surface area contributed by atoms with E-state index in [-0.39, 0.29) is 0 Å². The molecule has 0 aromatic heterocycles. The van der Waals surface area contributed by atoms with E-state index in [0.29, 0.717) is 11.4 Å². The zero-order chi connectivity index (χ0) is 15.0. The molecule has 2 N–H and O–H groups in total. The molecule has 0 saturated carbocycles. The number of nitrogens with two attached hydrogens (primary N) is 1. The van der Waals surface area contributed by atoms with E-state index in [4.69, 9.17) is 22.1 Å². The summed E-state index contributed by atoms with van der Waals surface area (Å²) in [5, 5.41) is 0.704. The van der Waals surface area contributed by atoms with E-state index in [9.17, 15) is 0 Å². The van der Waals surface area contributed by atoms with Gasteiger partial charge in [-0.15, -0.1) is 0 Å². The summed E-state index contributed by atoms with van der Waals surface area (Å²) < 4.78 is 6.85. The van der Waals surface area contributed by atoms with Crippen LogP contribution in [0.1, 0.15) is 23.6 Å². The van der Waals surface area contributed by atoms with Gasteiger partial charge in [-0.05, 0) is 48.2 Å². The van der Waals surface area contributed by atoms with Gasteiger partial charge in [0, 0.05) is 21.5 Å². The molecule has 1 heterocycles. The second-order valence-electron chi connectivity index (χ2n) is 5.73. The van der Waals surface area contributed by atoms with Crippen LogP contribution in [0.5, 0.6) is 5.75 Å². The third-order valence-electron chi connectivity index (χ3n) is 3.87.